The molecular formula is C14H21FN2O6. The lowest BCUT2D eigenvalue weighted by Crippen LogP contribution is -2.43. The fourth-order valence-electron chi connectivity index (χ4n) is 2.52. The summed E-state index contributed by atoms with van der Waals surface area (Å²) in [6, 6.07) is 0. The molecule has 0 spiro atoms. The van der Waals surface area contributed by atoms with Gasteiger partial charge in [0.05, 0.1) is 32.5 Å². The topological polar surface area (TPSA) is 103 Å². The Morgan fingerprint density at radius 2 is 2.17 bits per heavy atom. The highest BCUT2D eigenvalue weighted by Crippen LogP contribution is 2.27. The molecule has 1 aliphatic rings. The van der Waals surface area contributed by atoms with E-state index in [1.165, 1.54) is 10.8 Å². The van der Waals surface area contributed by atoms with Gasteiger partial charge in [0.2, 0.25) is 0 Å². The highest BCUT2D eigenvalue weighted by atomic mass is 19.1. The number of aliphatic hydroxyl groups excluding tert-OH is 2. The summed E-state index contributed by atoms with van der Waals surface area (Å²) in [5, 5.41) is 18.9. The zero-order chi connectivity index (χ0) is 17.0. The smallest absolute Gasteiger partial charge is 0.333 e. The lowest BCUT2D eigenvalue weighted by atomic mass is 10.2. The van der Waals surface area contributed by atoms with Crippen LogP contribution in [0.15, 0.2) is 15.8 Å². The number of nitrogens with zero attached hydrogens (tertiary/aromatic N) is 2. The third kappa shape index (κ3) is 3.86. The molecule has 9 heteroatoms. The largest absolute Gasteiger partial charge is 0.394 e. The number of aliphatic hydroxyl groups is 2. The predicted octanol–water partition coefficient (Wildman–Crippen LogP) is -1.05. The molecule has 1 aromatic heterocycles. The number of halogens is 1. The van der Waals surface area contributed by atoms with Gasteiger partial charge in [-0.25, -0.2) is 9.18 Å². The van der Waals surface area contributed by atoms with Crippen LogP contribution in [-0.2, 0) is 16.0 Å². The van der Waals surface area contributed by atoms with Crippen molar-refractivity contribution >= 4 is 0 Å². The van der Waals surface area contributed by atoms with Crippen molar-refractivity contribution in [3.05, 3.63) is 32.6 Å². The molecule has 2 rings (SSSR count). The molecule has 1 fully saturated rings. The van der Waals surface area contributed by atoms with Crippen molar-refractivity contribution in [2.24, 2.45) is 0 Å². The van der Waals surface area contributed by atoms with E-state index < -0.39 is 36.4 Å². The molecule has 0 saturated carbocycles. The summed E-state index contributed by atoms with van der Waals surface area (Å²) in [5.41, 5.74) is -0.715. The molecule has 2 N–H and O–H groups in total. The molecule has 1 aromatic rings. The fourth-order valence-corrected chi connectivity index (χ4v) is 2.52. The molecule has 130 valence electrons. The van der Waals surface area contributed by atoms with E-state index in [-0.39, 0.29) is 32.8 Å². The zero-order valence-corrected chi connectivity index (χ0v) is 12.9. The number of aryl methyl sites for hydroxylation is 1. The number of aromatic nitrogens is 2. The summed E-state index contributed by atoms with van der Waals surface area (Å²) < 4.78 is 24.6. The van der Waals surface area contributed by atoms with Crippen LogP contribution in [0.5, 0.6) is 0 Å². The maximum Gasteiger partial charge on any atom is 0.333 e. The average molecular weight is 332 g/mol. The van der Waals surface area contributed by atoms with Gasteiger partial charge in [0, 0.05) is 18.2 Å². The Morgan fingerprint density at radius 3 is 2.78 bits per heavy atom. The van der Waals surface area contributed by atoms with E-state index in [2.05, 4.69) is 0 Å². The summed E-state index contributed by atoms with van der Waals surface area (Å²) in [6.45, 7) is 0.510. The van der Waals surface area contributed by atoms with Crippen LogP contribution in [0.1, 0.15) is 18.2 Å². The van der Waals surface area contributed by atoms with Gasteiger partial charge in [-0.15, -0.1) is 0 Å². The maximum atomic E-state index is 12.5. The van der Waals surface area contributed by atoms with Crippen molar-refractivity contribution in [3.8, 4) is 0 Å². The number of alkyl halides is 1. The number of rotatable bonds is 7. The predicted molar refractivity (Wildman–Crippen MR) is 78.1 cm³/mol. The third-order valence-electron chi connectivity index (χ3n) is 3.74. The van der Waals surface area contributed by atoms with Gasteiger partial charge >= 0.3 is 5.69 Å². The van der Waals surface area contributed by atoms with Gasteiger partial charge in [0.15, 0.2) is 0 Å². The van der Waals surface area contributed by atoms with E-state index in [0.29, 0.717) is 5.56 Å². The fraction of sp³-hybridized carbons (Fsp3) is 0.714. The molecule has 0 aliphatic carbocycles. The Balaban J connectivity index is 2.26. The minimum Gasteiger partial charge on any atom is -0.394 e. The molecule has 1 aliphatic heterocycles. The Kier molecular flexibility index (Phi) is 6.05. The molecule has 0 amide bonds. The van der Waals surface area contributed by atoms with Crippen molar-refractivity contribution in [2.75, 3.05) is 26.5 Å². The Hall–Kier alpha value is -1.55. The minimum atomic E-state index is -0.884. The quantitative estimate of drug-likeness (QED) is 0.618. The second-order valence-corrected chi connectivity index (χ2v) is 5.37. The van der Waals surface area contributed by atoms with E-state index in [1.54, 1.807) is 6.92 Å². The van der Waals surface area contributed by atoms with Gasteiger partial charge < -0.3 is 19.7 Å². The summed E-state index contributed by atoms with van der Waals surface area (Å²) in [5.74, 6) is 0. The lowest BCUT2D eigenvalue weighted by Gasteiger charge is -2.17. The summed E-state index contributed by atoms with van der Waals surface area (Å²) in [7, 11) is 0. The average Bonchev–Trinajstić information content (AvgIpc) is 2.91. The number of hydrogen-bond donors (Lipinski definition) is 2. The monoisotopic (exact) mass is 332 g/mol. The van der Waals surface area contributed by atoms with Crippen LogP contribution in [0.4, 0.5) is 4.39 Å². The van der Waals surface area contributed by atoms with Crippen LogP contribution in [0.2, 0.25) is 0 Å². The standard InChI is InChI=1S/C14H21FN2O6/c1-9-7-17(12-6-10(19)11(8-18)23-12)14(21)16(13(9)20)3-5-22-4-2-15/h7,10-12,18-19H,2-6,8H2,1H3/t10-,11-,12-/m0/s1. The lowest BCUT2D eigenvalue weighted by molar-refractivity contribution is -0.0464. The normalized spacial score (nSPS) is 24.3. The highest BCUT2D eigenvalue weighted by Gasteiger charge is 2.35. The molecular weight excluding hydrogens is 311 g/mol. The van der Waals surface area contributed by atoms with Crippen molar-refractivity contribution in [1.29, 1.82) is 0 Å². The van der Waals surface area contributed by atoms with Gasteiger partial charge in [0.25, 0.3) is 5.56 Å². The van der Waals surface area contributed by atoms with Gasteiger partial charge in [-0.3, -0.25) is 13.9 Å². The van der Waals surface area contributed by atoms with Crippen LogP contribution in [0, 0.1) is 6.92 Å². The van der Waals surface area contributed by atoms with Crippen LogP contribution in [0.25, 0.3) is 0 Å². The van der Waals surface area contributed by atoms with Crippen LogP contribution < -0.4 is 11.2 Å². The molecule has 23 heavy (non-hydrogen) atoms. The Morgan fingerprint density at radius 1 is 1.43 bits per heavy atom. The van der Waals surface area contributed by atoms with Crippen molar-refractivity contribution in [2.45, 2.75) is 38.3 Å². The van der Waals surface area contributed by atoms with Gasteiger partial charge in [-0.05, 0) is 6.92 Å². The van der Waals surface area contributed by atoms with E-state index in [9.17, 15) is 19.1 Å². The SMILES string of the molecule is Cc1cn([C@@H]2C[C@H](O)[C@H](CO)O2)c(=O)n(CCOCCF)c1=O. The van der Waals surface area contributed by atoms with E-state index in [0.717, 1.165) is 4.57 Å². The van der Waals surface area contributed by atoms with Crippen LogP contribution >= 0.6 is 0 Å². The molecule has 0 radical (unpaired) electrons. The van der Waals surface area contributed by atoms with Crippen molar-refractivity contribution in [3.63, 3.8) is 0 Å². The first kappa shape index (κ1) is 17.8. The summed E-state index contributed by atoms with van der Waals surface area (Å²) >= 11 is 0. The second kappa shape index (κ2) is 7.82. The molecule has 0 bridgehead atoms. The molecule has 0 aromatic carbocycles. The molecule has 1 saturated heterocycles. The Labute approximate surface area is 131 Å². The summed E-state index contributed by atoms with van der Waals surface area (Å²) in [6.07, 6.45) is -0.889. The second-order valence-electron chi connectivity index (χ2n) is 5.37. The van der Waals surface area contributed by atoms with E-state index >= 15 is 0 Å². The first-order chi connectivity index (χ1) is 11.0. The van der Waals surface area contributed by atoms with Crippen LogP contribution in [-0.4, -0.2) is 58.1 Å². The highest BCUT2D eigenvalue weighted by molar-refractivity contribution is 5.04. The maximum absolute atomic E-state index is 12.5. The number of ether oxygens (including phenoxy) is 2. The minimum absolute atomic E-state index is 0.00194. The molecule has 0 unspecified atom stereocenters. The molecule has 8 nitrogen and oxygen atoms in total. The Bertz CT molecular complexity index is 643. The third-order valence-corrected chi connectivity index (χ3v) is 3.74. The van der Waals surface area contributed by atoms with Crippen molar-refractivity contribution < 1.29 is 24.1 Å². The van der Waals surface area contributed by atoms with Gasteiger partial charge in [0.1, 0.15) is 19.0 Å². The molecule has 2 heterocycles. The number of hydrogen-bond acceptors (Lipinski definition) is 6. The van der Waals surface area contributed by atoms with Gasteiger partial charge in [-0.2, -0.15) is 0 Å². The van der Waals surface area contributed by atoms with Gasteiger partial charge in [-0.1, -0.05) is 0 Å². The summed E-state index contributed by atoms with van der Waals surface area (Å²) in [4.78, 5) is 24.6. The van der Waals surface area contributed by atoms with Crippen molar-refractivity contribution in [1.82, 2.24) is 9.13 Å². The zero-order valence-electron chi connectivity index (χ0n) is 12.9. The van der Waals surface area contributed by atoms with E-state index in [1.807, 2.05) is 0 Å². The first-order valence-electron chi connectivity index (χ1n) is 7.40. The first-order valence-corrected chi connectivity index (χ1v) is 7.40. The van der Waals surface area contributed by atoms with Crippen LogP contribution in [0.3, 0.4) is 0 Å². The van der Waals surface area contributed by atoms with E-state index in [4.69, 9.17) is 14.6 Å². The molecule has 3 atom stereocenters.